The van der Waals surface area contributed by atoms with Crippen LogP contribution in [0.1, 0.15) is 25.7 Å². The Morgan fingerprint density at radius 3 is 2.76 bits per heavy atom. The van der Waals surface area contributed by atoms with Crippen molar-refractivity contribution in [2.75, 3.05) is 40.3 Å². The molecule has 98 valence electrons. The molecule has 1 N–H and O–H groups in total. The molecule has 1 aliphatic carbocycles. The fraction of sp³-hybridized carbons (Fsp3) is 0.923. The van der Waals surface area contributed by atoms with E-state index in [2.05, 4.69) is 10.2 Å². The molecule has 17 heavy (non-hydrogen) atoms. The molecule has 1 aliphatic heterocycles. The van der Waals surface area contributed by atoms with Crippen LogP contribution >= 0.6 is 0 Å². The summed E-state index contributed by atoms with van der Waals surface area (Å²) in [5, 5.41) is 3.60. The summed E-state index contributed by atoms with van der Waals surface area (Å²) in [5.41, 5.74) is 0. The van der Waals surface area contributed by atoms with Crippen LogP contribution in [0.25, 0.3) is 0 Å². The Morgan fingerprint density at radius 2 is 2.12 bits per heavy atom. The Kier molecular flexibility index (Phi) is 4.40. The summed E-state index contributed by atoms with van der Waals surface area (Å²) in [6, 6.07) is 0.800. The first-order chi connectivity index (χ1) is 8.15. The van der Waals surface area contributed by atoms with Crippen LogP contribution in [0, 0.1) is 5.92 Å². The third-order valence-electron chi connectivity index (χ3n) is 3.73. The number of piperidine rings is 1. The maximum Gasteiger partial charge on any atom is 0.236 e. The maximum absolute atomic E-state index is 11.7. The van der Waals surface area contributed by atoms with E-state index in [-0.39, 0.29) is 5.91 Å². The predicted molar refractivity (Wildman–Crippen MR) is 68.9 cm³/mol. The molecule has 0 aromatic rings. The normalized spacial score (nSPS) is 25.9. The molecule has 4 nitrogen and oxygen atoms in total. The minimum Gasteiger partial charge on any atom is -0.348 e. The molecule has 1 saturated carbocycles. The number of hydrogen-bond donors (Lipinski definition) is 1. The van der Waals surface area contributed by atoms with Crippen LogP contribution in [0.3, 0.4) is 0 Å². The highest BCUT2D eigenvalue weighted by Gasteiger charge is 2.25. The van der Waals surface area contributed by atoms with E-state index in [4.69, 9.17) is 0 Å². The number of rotatable bonds is 5. The molecular weight excluding hydrogens is 214 g/mol. The lowest BCUT2D eigenvalue weighted by Crippen LogP contribution is -2.44. The van der Waals surface area contributed by atoms with Gasteiger partial charge in [-0.25, -0.2) is 0 Å². The van der Waals surface area contributed by atoms with Crippen molar-refractivity contribution in [2.24, 2.45) is 5.92 Å². The van der Waals surface area contributed by atoms with Crippen molar-refractivity contribution in [1.29, 1.82) is 0 Å². The molecule has 0 aromatic carbocycles. The number of nitrogens with zero attached hydrogens (tertiary/aromatic N) is 2. The molecule has 0 radical (unpaired) electrons. The summed E-state index contributed by atoms with van der Waals surface area (Å²) in [7, 11) is 3.66. The Morgan fingerprint density at radius 1 is 1.35 bits per heavy atom. The van der Waals surface area contributed by atoms with Crippen molar-refractivity contribution in [3.8, 4) is 0 Å². The third-order valence-corrected chi connectivity index (χ3v) is 3.73. The predicted octanol–water partition coefficient (Wildman–Crippen LogP) is 0.539. The molecule has 0 aromatic heterocycles. The minimum atomic E-state index is 0.223. The Balaban J connectivity index is 1.69. The molecule has 2 fully saturated rings. The van der Waals surface area contributed by atoms with Crippen molar-refractivity contribution in [1.82, 2.24) is 15.1 Å². The van der Waals surface area contributed by atoms with Gasteiger partial charge in [0, 0.05) is 26.7 Å². The van der Waals surface area contributed by atoms with E-state index in [1.54, 1.807) is 4.90 Å². The van der Waals surface area contributed by atoms with Gasteiger partial charge < -0.3 is 10.2 Å². The van der Waals surface area contributed by atoms with E-state index in [9.17, 15) is 4.79 Å². The molecule has 1 unspecified atom stereocenters. The van der Waals surface area contributed by atoms with Gasteiger partial charge in [-0.3, -0.25) is 9.69 Å². The lowest BCUT2D eigenvalue weighted by atomic mass is 9.98. The van der Waals surface area contributed by atoms with E-state index in [1.165, 1.54) is 25.7 Å². The molecule has 2 aliphatic rings. The summed E-state index contributed by atoms with van der Waals surface area (Å²) >= 11 is 0. The number of carbonyl (C=O) groups excluding carboxylic acids is 1. The topological polar surface area (TPSA) is 35.6 Å². The number of amides is 1. The highest BCUT2D eigenvalue weighted by molar-refractivity contribution is 5.77. The molecule has 2 rings (SSSR count). The summed E-state index contributed by atoms with van der Waals surface area (Å²) in [5.74, 6) is 0.958. The van der Waals surface area contributed by atoms with Gasteiger partial charge in [-0.1, -0.05) is 0 Å². The molecule has 1 heterocycles. The Hall–Kier alpha value is -0.610. The quantitative estimate of drug-likeness (QED) is 0.760. The van der Waals surface area contributed by atoms with Gasteiger partial charge in [0.15, 0.2) is 0 Å². The second kappa shape index (κ2) is 5.83. The van der Waals surface area contributed by atoms with Crippen LogP contribution in [-0.4, -0.2) is 62.0 Å². The van der Waals surface area contributed by atoms with Gasteiger partial charge in [0.2, 0.25) is 5.91 Å². The highest BCUT2D eigenvalue weighted by Crippen LogP contribution is 2.21. The second-order valence-corrected chi connectivity index (χ2v) is 5.71. The Bertz CT molecular complexity index is 263. The van der Waals surface area contributed by atoms with Crippen LogP contribution < -0.4 is 5.32 Å². The summed E-state index contributed by atoms with van der Waals surface area (Å²) in [6.45, 7) is 3.89. The number of likely N-dealkylation sites (N-methyl/N-ethyl adjacent to an activating group) is 1. The van der Waals surface area contributed by atoms with Crippen LogP contribution in [0.4, 0.5) is 0 Å². The standard InChI is InChI=1S/C13H25N3O/c1-15(2)13(17)10-16-7-3-4-11(9-16)8-14-12-5-6-12/h11-12,14H,3-10H2,1-2H3. The fourth-order valence-corrected chi connectivity index (χ4v) is 2.42. The van der Waals surface area contributed by atoms with Crippen molar-refractivity contribution in [3.05, 3.63) is 0 Å². The lowest BCUT2D eigenvalue weighted by molar-refractivity contribution is -0.130. The van der Waals surface area contributed by atoms with Crippen LogP contribution in [0.15, 0.2) is 0 Å². The molecule has 4 heteroatoms. The van der Waals surface area contributed by atoms with E-state index in [0.717, 1.165) is 31.6 Å². The minimum absolute atomic E-state index is 0.223. The van der Waals surface area contributed by atoms with Crippen molar-refractivity contribution < 1.29 is 4.79 Å². The monoisotopic (exact) mass is 239 g/mol. The van der Waals surface area contributed by atoms with Gasteiger partial charge in [0.25, 0.3) is 0 Å². The highest BCUT2D eigenvalue weighted by atomic mass is 16.2. The van der Waals surface area contributed by atoms with Gasteiger partial charge in [-0.15, -0.1) is 0 Å². The Labute approximate surface area is 104 Å². The smallest absolute Gasteiger partial charge is 0.236 e. The summed E-state index contributed by atoms with van der Waals surface area (Å²) in [4.78, 5) is 15.7. The average Bonchev–Trinajstić information content (AvgIpc) is 3.10. The zero-order valence-corrected chi connectivity index (χ0v) is 11.1. The largest absolute Gasteiger partial charge is 0.348 e. The lowest BCUT2D eigenvalue weighted by Gasteiger charge is -2.33. The van der Waals surface area contributed by atoms with E-state index >= 15 is 0 Å². The maximum atomic E-state index is 11.7. The van der Waals surface area contributed by atoms with Crippen molar-refractivity contribution in [3.63, 3.8) is 0 Å². The zero-order chi connectivity index (χ0) is 12.3. The molecule has 1 saturated heterocycles. The van der Waals surface area contributed by atoms with Crippen molar-refractivity contribution >= 4 is 5.91 Å². The first kappa shape index (κ1) is 12.8. The second-order valence-electron chi connectivity index (χ2n) is 5.71. The van der Waals surface area contributed by atoms with Crippen molar-refractivity contribution in [2.45, 2.75) is 31.7 Å². The molecular formula is C13H25N3O. The molecule has 1 amide bonds. The molecule has 1 atom stereocenters. The van der Waals surface area contributed by atoms with E-state index < -0.39 is 0 Å². The third kappa shape index (κ3) is 4.28. The van der Waals surface area contributed by atoms with Crippen LogP contribution in [0.5, 0.6) is 0 Å². The molecule has 0 spiro atoms. The fourth-order valence-electron chi connectivity index (χ4n) is 2.42. The van der Waals surface area contributed by atoms with Gasteiger partial charge in [0.1, 0.15) is 0 Å². The van der Waals surface area contributed by atoms with Gasteiger partial charge in [-0.2, -0.15) is 0 Å². The SMILES string of the molecule is CN(C)C(=O)CN1CCCC(CNC2CC2)C1. The number of carbonyl (C=O) groups is 1. The number of nitrogens with one attached hydrogen (secondary N) is 1. The van der Waals surface area contributed by atoms with Gasteiger partial charge in [0.05, 0.1) is 6.54 Å². The first-order valence-corrected chi connectivity index (χ1v) is 6.81. The number of likely N-dealkylation sites (tertiary alicyclic amines) is 1. The average molecular weight is 239 g/mol. The van der Waals surface area contributed by atoms with Crippen LogP contribution in [0.2, 0.25) is 0 Å². The van der Waals surface area contributed by atoms with E-state index in [1.807, 2.05) is 14.1 Å². The summed E-state index contributed by atoms with van der Waals surface area (Å²) < 4.78 is 0. The van der Waals surface area contributed by atoms with E-state index in [0.29, 0.717) is 6.54 Å². The number of hydrogen-bond acceptors (Lipinski definition) is 3. The van der Waals surface area contributed by atoms with Gasteiger partial charge in [-0.05, 0) is 44.7 Å². The molecule has 0 bridgehead atoms. The van der Waals surface area contributed by atoms with Gasteiger partial charge >= 0.3 is 0 Å². The first-order valence-electron chi connectivity index (χ1n) is 6.81. The summed E-state index contributed by atoms with van der Waals surface area (Å²) in [6.07, 6.45) is 5.26. The van der Waals surface area contributed by atoms with Crippen LogP contribution in [-0.2, 0) is 4.79 Å². The zero-order valence-electron chi connectivity index (χ0n) is 11.1.